The maximum atomic E-state index is 11.1. The zero-order chi connectivity index (χ0) is 15.4. The molecule has 0 aliphatic carbocycles. The number of aliphatic carboxylic acids is 1. The fourth-order valence-corrected chi connectivity index (χ4v) is 3.13. The number of hydrogen-bond donors (Lipinski definition) is 1. The van der Waals surface area contributed by atoms with Crippen molar-refractivity contribution in [2.24, 2.45) is 0 Å². The van der Waals surface area contributed by atoms with Crippen LogP contribution in [0.1, 0.15) is 34.2 Å². The van der Waals surface area contributed by atoms with Crippen LogP contribution in [0.15, 0.2) is 35.5 Å². The molecule has 0 aliphatic rings. The number of rotatable bonds is 5. The van der Waals surface area contributed by atoms with Gasteiger partial charge in [0.05, 0.1) is 6.42 Å². The van der Waals surface area contributed by atoms with Crippen LogP contribution in [0.2, 0.25) is 0 Å². The van der Waals surface area contributed by atoms with Gasteiger partial charge in [0.1, 0.15) is 0 Å². The molecule has 1 N–H and O–H groups in total. The number of carboxylic acids is 1. The van der Waals surface area contributed by atoms with Crippen molar-refractivity contribution in [1.82, 2.24) is 9.97 Å². The van der Waals surface area contributed by atoms with E-state index in [4.69, 9.17) is 5.11 Å². The highest BCUT2D eigenvalue weighted by molar-refractivity contribution is 7.99. The minimum absolute atomic E-state index is 0.0456. The smallest absolute Gasteiger partial charge is 0.304 e. The summed E-state index contributed by atoms with van der Waals surface area (Å²) in [5.41, 5.74) is 3.93. The maximum Gasteiger partial charge on any atom is 0.304 e. The van der Waals surface area contributed by atoms with E-state index in [9.17, 15) is 4.79 Å². The van der Waals surface area contributed by atoms with Gasteiger partial charge in [0, 0.05) is 16.6 Å². The van der Waals surface area contributed by atoms with Crippen molar-refractivity contribution in [1.29, 1.82) is 0 Å². The lowest BCUT2D eigenvalue weighted by atomic mass is 10.1. The summed E-state index contributed by atoms with van der Waals surface area (Å²) < 4.78 is 0. The van der Waals surface area contributed by atoms with E-state index in [0.29, 0.717) is 5.16 Å². The van der Waals surface area contributed by atoms with E-state index < -0.39 is 5.97 Å². The highest BCUT2D eigenvalue weighted by Gasteiger charge is 2.19. The first-order valence-corrected chi connectivity index (χ1v) is 7.60. The van der Waals surface area contributed by atoms with E-state index >= 15 is 0 Å². The van der Waals surface area contributed by atoms with Crippen molar-refractivity contribution >= 4 is 17.7 Å². The van der Waals surface area contributed by atoms with E-state index in [2.05, 4.69) is 9.97 Å². The molecule has 4 nitrogen and oxygen atoms in total. The van der Waals surface area contributed by atoms with E-state index in [-0.39, 0.29) is 11.7 Å². The van der Waals surface area contributed by atoms with Gasteiger partial charge in [-0.15, -0.1) is 0 Å². The first kappa shape index (κ1) is 15.5. The second-order valence-corrected chi connectivity index (χ2v) is 6.09. The van der Waals surface area contributed by atoms with Crippen molar-refractivity contribution in [3.63, 3.8) is 0 Å². The van der Waals surface area contributed by atoms with Crippen LogP contribution in [0.4, 0.5) is 0 Å². The molecule has 0 saturated carbocycles. The van der Waals surface area contributed by atoms with Crippen LogP contribution in [0, 0.1) is 20.8 Å². The van der Waals surface area contributed by atoms with Gasteiger partial charge in [-0.1, -0.05) is 42.1 Å². The van der Waals surface area contributed by atoms with Crippen molar-refractivity contribution in [2.75, 3.05) is 0 Å². The van der Waals surface area contributed by atoms with Gasteiger partial charge in [-0.2, -0.15) is 0 Å². The molecule has 2 rings (SSSR count). The Morgan fingerprint density at radius 1 is 1.14 bits per heavy atom. The third-order valence-corrected chi connectivity index (χ3v) is 4.51. The minimum atomic E-state index is -0.822. The number of carbonyl (C=O) groups is 1. The molecule has 1 heterocycles. The molecule has 0 fully saturated rings. The second-order valence-electron chi connectivity index (χ2n) is 4.92. The lowest BCUT2D eigenvalue weighted by Crippen LogP contribution is -2.05. The number of aryl methyl sites for hydroxylation is 2. The van der Waals surface area contributed by atoms with Gasteiger partial charge in [0.2, 0.25) is 0 Å². The van der Waals surface area contributed by atoms with Gasteiger partial charge < -0.3 is 5.11 Å². The number of benzene rings is 1. The van der Waals surface area contributed by atoms with Gasteiger partial charge in [-0.05, 0) is 31.9 Å². The molecule has 1 aromatic carbocycles. The summed E-state index contributed by atoms with van der Waals surface area (Å²) in [5, 5.41) is 9.56. The SMILES string of the molecule is Cc1nc(SC(CC(=O)O)c2ccccc2)nc(C)c1C. The Bertz CT molecular complexity index is 621. The third kappa shape index (κ3) is 4.04. The Morgan fingerprint density at radius 2 is 1.71 bits per heavy atom. The van der Waals surface area contributed by atoms with Crippen LogP contribution < -0.4 is 0 Å². The van der Waals surface area contributed by atoms with Crippen molar-refractivity contribution in [3.8, 4) is 0 Å². The fraction of sp³-hybridized carbons (Fsp3) is 0.312. The zero-order valence-corrected chi connectivity index (χ0v) is 13.1. The minimum Gasteiger partial charge on any atom is -0.481 e. The van der Waals surface area contributed by atoms with Gasteiger partial charge in [0.25, 0.3) is 0 Å². The number of carboxylic acid groups (broad SMARTS) is 1. The Kier molecular flexibility index (Phi) is 4.96. The summed E-state index contributed by atoms with van der Waals surface area (Å²) in [7, 11) is 0. The van der Waals surface area contributed by atoms with Crippen LogP contribution in [-0.4, -0.2) is 21.0 Å². The summed E-state index contributed by atoms with van der Waals surface area (Å²) in [6.45, 7) is 5.89. The number of hydrogen-bond acceptors (Lipinski definition) is 4. The number of nitrogens with zero attached hydrogens (tertiary/aromatic N) is 2. The summed E-state index contributed by atoms with van der Waals surface area (Å²) >= 11 is 1.40. The average molecular weight is 302 g/mol. The highest BCUT2D eigenvalue weighted by atomic mass is 32.2. The van der Waals surface area contributed by atoms with Crippen LogP contribution in [0.3, 0.4) is 0 Å². The molecule has 1 atom stereocenters. The van der Waals surface area contributed by atoms with Gasteiger partial charge >= 0.3 is 5.97 Å². The number of aromatic nitrogens is 2. The summed E-state index contributed by atoms with van der Waals surface area (Å²) in [6.07, 6.45) is 0.0456. The second kappa shape index (κ2) is 6.72. The normalized spacial score (nSPS) is 12.1. The highest BCUT2D eigenvalue weighted by Crippen LogP contribution is 2.36. The van der Waals surface area contributed by atoms with E-state index in [1.54, 1.807) is 0 Å². The van der Waals surface area contributed by atoms with Crippen molar-refractivity contribution in [3.05, 3.63) is 52.8 Å². The lowest BCUT2D eigenvalue weighted by molar-refractivity contribution is -0.137. The Balaban J connectivity index is 2.29. The predicted octanol–water partition coefficient (Wildman–Crippen LogP) is 3.71. The molecule has 0 radical (unpaired) electrons. The largest absolute Gasteiger partial charge is 0.481 e. The molecule has 110 valence electrons. The van der Waals surface area contributed by atoms with Crippen LogP contribution in [-0.2, 0) is 4.79 Å². The molecule has 21 heavy (non-hydrogen) atoms. The molecule has 0 bridgehead atoms. The summed E-state index contributed by atoms with van der Waals surface area (Å²) in [4.78, 5) is 20.0. The van der Waals surface area contributed by atoms with Gasteiger partial charge in [0.15, 0.2) is 5.16 Å². The fourth-order valence-electron chi connectivity index (χ4n) is 1.98. The molecule has 5 heteroatoms. The molecular weight excluding hydrogens is 284 g/mol. The molecule has 0 amide bonds. The molecule has 1 aromatic heterocycles. The van der Waals surface area contributed by atoms with Gasteiger partial charge in [-0.25, -0.2) is 9.97 Å². The topological polar surface area (TPSA) is 63.1 Å². The van der Waals surface area contributed by atoms with E-state index in [0.717, 1.165) is 22.5 Å². The maximum absolute atomic E-state index is 11.1. The summed E-state index contributed by atoms with van der Waals surface area (Å²) in [5.74, 6) is -0.822. The zero-order valence-electron chi connectivity index (χ0n) is 12.3. The van der Waals surface area contributed by atoms with Gasteiger partial charge in [-0.3, -0.25) is 4.79 Å². The third-order valence-electron chi connectivity index (χ3n) is 3.39. The van der Waals surface area contributed by atoms with E-state index in [1.165, 1.54) is 11.8 Å². The number of thioether (sulfide) groups is 1. The Labute approximate surface area is 128 Å². The summed E-state index contributed by atoms with van der Waals surface area (Å²) in [6, 6.07) is 9.63. The monoisotopic (exact) mass is 302 g/mol. The molecule has 0 saturated heterocycles. The average Bonchev–Trinajstić information content (AvgIpc) is 2.44. The lowest BCUT2D eigenvalue weighted by Gasteiger charge is -2.15. The predicted molar refractivity (Wildman–Crippen MR) is 83.5 cm³/mol. The molecule has 1 unspecified atom stereocenters. The first-order chi connectivity index (χ1) is 9.97. The van der Waals surface area contributed by atoms with Crippen LogP contribution >= 0.6 is 11.8 Å². The molecule has 0 aliphatic heterocycles. The first-order valence-electron chi connectivity index (χ1n) is 6.72. The van der Waals surface area contributed by atoms with Crippen LogP contribution in [0.5, 0.6) is 0 Å². The molecular formula is C16H18N2O2S. The quantitative estimate of drug-likeness (QED) is 0.674. The molecule has 0 spiro atoms. The Hall–Kier alpha value is -1.88. The standard InChI is InChI=1S/C16H18N2O2S/c1-10-11(2)17-16(18-12(10)3)21-14(9-15(19)20)13-7-5-4-6-8-13/h4-8,14H,9H2,1-3H3,(H,19,20). The van der Waals surface area contributed by atoms with Crippen molar-refractivity contribution in [2.45, 2.75) is 37.6 Å². The van der Waals surface area contributed by atoms with Crippen LogP contribution in [0.25, 0.3) is 0 Å². The molecule has 2 aromatic rings. The van der Waals surface area contributed by atoms with Crippen molar-refractivity contribution < 1.29 is 9.90 Å². The van der Waals surface area contributed by atoms with E-state index in [1.807, 2.05) is 51.1 Å². The Morgan fingerprint density at radius 3 is 2.24 bits per heavy atom.